The predicted molar refractivity (Wildman–Crippen MR) is 119 cm³/mol. The van der Waals surface area contributed by atoms with E-state index >= 15 is 0 Å². The van der Waals surface area contributed by atoms with Crippen LogP contribution in [0, 0.1) is 15.3 Å². The molecule has 0 radical (unpaired) electrons. The van der Waals surface area contributed by atoms with Gasteiger partial charge >= 0.3 is 0 Å². The normalized spacial score (nSPS) is 21.2. The van der Waals surface area contributed by atoms with Crippen molar-refractivity contribution >= 4 is 34.4 Å². The number of carbonyl (C=O) groups is 1. The topological polar surface area (TPSA) is 88.0 Å². The fourth-order valence-electron chi connectivity index (χ4n) is 3.82. The third-order valence-electron chi connectivity index (χ3n) is 5.53. The second-order valence-electron chi connectivity index (χ2n) is 7.43. The lowest BCUT2D eigenvalue weighted by molar-refractivity contribution is -0.123. The quantitative estimate of drug-likeness (QED) is 0.503. The zero-order chi connectivity index (χ0) is 21.1. The van der Waals surface area contributed by atoms with Gasteiger partial charge in [-0.2, -0.15) is 0 Å². The maximum absolute atomic E-state index is 13.9. The Balaban J connectivity index is 1.38. The number of hydrogen-bond acceptors (Lipinski definition) is 5. The average molecular weight is 518 g/mol. The zero-order valence-corrected chi connectivity index (χ0v) is 18.2. The van der Waals surface area contributed by atoms with E-state index in [0.29, 0.717) is 36.8 Å². The first-order valence-corrected chi connectivity index (χ1v) is 10.7. The largest absolute Gasteiger partial charge is 0.385 e. The van der Waals surface area contributed by atoms with Crippen LogP contribution >= 0.6 is 22.6 Å². The van der Waals surface area contributed by atoms with Gasteiger partial charge in [-0.05, 0) is 66.0 Å². The molecule has 1 amide bonds. The molecule has 4 rings (SSSR count). The van der Waals surface area contributed by atoms with Gasteiger partial charge in [-0.3, -0.25) is 15.1 Å². The highest BCUT2D eigenvalue weighted by Crippen LogP contribution is 2.41. The molecule has 6 nitrogen and oxygen atoms in total. The first-order chi connectivity index (χ1) is 14.5. The minimum atomic E-state index is -0.936. The lowest BCUT2D eigenvalue weighted by Crippen LogP contribution is -2.36. The molecule has 2 heterocycles. The van der Waals surface area contributed by atoms with E-state index in [-0.39, 0.29) is 23.6 Å². The molecular formula is C22H20FIN4O2. The molecule has 0 saturated heterocycles. The second kappa shape index (κ2) is 8.73. The number of aliphatic hydroxyl groups is 1. The van der Waals surface area contributed by atoms with E-state index in [4.69, 9.17) is 0 Å². The van der Waals surface area contributed by atoms with Crippen molar-refractivity contribution in [1.82, 2.24) is 15.0 Å². The summed E-state index contributed by atoms with van der Waals surface area (Å²) in [5.41, 5.74) is 0.881. The van der Waals surface area contributed by atoms with Crippen LogP contribution in [-0.4, -0.2) is 26.0 Å². The lowest BCUT2D eigenvalue weighted by Gasteiger charge is -2.36. The molecule has 1 aromatic carbocycles. The second-order valence-corrected chi connectivity index (χ2v) is 8.59. The van der Waals surface area contributed by atoms with E-state index in [1.807, 2.05) is 6.07 Å². The SMILES string of the molecule is O=C(Nc1ncc(-c2ccccc2F)cn1)C1CCC(O)(c2ccncc2I)CC1. The highest BCUT2D eigenvalue weighted by Gasteiger charge is 2.38. The molecule has 0 bridgehead atoms. The minimum Gasteiger partial charge on any atom is -0.385 e. The van der Waals surface area contributed by atoms with Crippen LogP contribution in [0.1, 0.15) is 31.2 Å². The van der Waals surface area contributed by atoms with Gasteiger partial charge in [-0.1, -0.05) is 18.2 Å². The van der Waals surface area contributed by atoms with Crippen LogP contribution in [0.3, 0.4) is 0 Å². The number of rotatable bonds is 4. The Hall–Kier alpha value is -2.46. The van der Waals surface area contributed by atoms with Crippen molar-refractivity contribution < 1.29 is 14.3 Å². The summed E-state index contributed by atoms with van der Waals surface area (Å²) in [7, 11) is 0. The van der Waals surface area contributed by atoms with Gasteiger partial charge in [-0.25, -0.2) is 14.4 Å². The Bertz CT molecular complexity index is 1050. The van der Waals surface area contributed by atoms with Crippen molar-refractivity contribution in [2.75, 3.05) is 5.32 Å². The Morgan fingerprint density at radius 1 is 1.13 bits per heavy atom. The van der Waals surface area contributed by atoms with Crippen LogP contribution in [0.4, 0.5) is 10.3 Å². The number of amides is 1. The van der Waals surface area contributed by atoms with E-state index in [9.17, 15) is 14.3 Å². The van der Waals surface area contributed by atoms with Crippen LogP contribution in [0.25, 0.3) is 11.1 Å². The predicted octanol–water partition coefficient (Wildman–Crippen LogP) is 4.30. The van der Waals surface area contributed by atoms with E-state index in [1.54, 1.807) is 30.6 Å². The number of hydrogen-bond donors (Lipinski definition) is 2. The Kier molecular flexibility index (Phi) is 6.05. The molecule has 2 N–H and O–H groups in total. The number of anilines is 1. The highest BCUT2D eigenvalue weighted by molar-refractivity contribution is 14.1. The summed E-state index contributed by atoms with van der Waals surface area (Å²) in [4.78, 5) is 25.0. The number of pyridine rings is 1. The zero-order valence-electron chi connectivity index (χ0n) is 16.1. The minimum absolute atomic E-state index is 0.167. The first-order valence-electron chi connectivity index (χ1n) is 9.66. The molecule has 30 heavy (non-hydrogen) atoms. The van der Waals surface area contributed by atoms with Crippen molar-refractivity contribution in [3.05, 3.63) is 70.1 Å². The molecule has 154 valence electrons. The number of halogens is 2. The van der Waals surface area contributed by atoms with Gasteiger partial charge in [0, 0.05) is 45.4 Å². The summed E-state index contributed by atoms with van der Waals surface area (Å²) in [5.74, 6) is -0.555. The van der Waals surface area contributed by atoms with Crippen LogP contribution in [0.5, 0.6) is 0 Å². The molecule has 0 aliphatic heterocycles. The fourth-order valence-corrected chi connectivity index (χ4v) is 4.66. The van der Waals surface area contributed by atoms with Crippen LogP contribution < -0.4 is 5.32 Å². The summed E-state index contributed by atoms with van der Waals surface area (Å²) >= 11 is 2.17. The summed E-state index contributed by atoms with van der Waals surface area (Å²) in [6.07, 6.45) is 8.52. The lowest BCUT2D eigenvalue weighted by atomic mass is 9.75. The molecule has 0 unspecified atom stereocenters. The Morgan fingerprint density at radius 2 is 1.83 bits per heavy atom. The molecule has 1 fully saturated rings. The van der Waals surface area contributed by atoms with Crippen molar-refractivity contribution in [2.45, 2.75) is 31.3 Å². The Labute approximate surface area is 187 Å². The van der Waals surface area contributed by atoms with Gasteiger partial charge in [0.05, 0.1) is 5.60 Å². The summed E-state index contributed by atoms with van der Waals surface area (Å²) in [5, 5.41) is 13.8. The van der Waals surface area contributed by atoms with E-state index in [0.717, 1.165) is 9.13 Å². The number of nitrogens with zero attached hydrogens (tertiary/aromatic N) is 3. The number of aromatic nitrogens is 3. The smallest absolute Gasteiger partial charge is 0.229 e. The van der Waals surface area contributed by atoms with E-state index in [2.05, 4.69) is 42.9 Å². The van der Waals surface area contributed by atoms with Gasteiger partial charge in [0.15, 0.2) is 0 Å². The van der Waals surface area contributed by atoms with Gasteiger partial charge in [0.2, 0.25) is 11.9 Å². The third kappa shape index (κ3) is 4.34. The Morgan fingerprint density at radius 3 is 2.50 bits per heavy atom. The van der Waals surface area contributed by atoms with Crippen LogP contribution in [-0.2, 0) is 10.4 Å². The molecule has 8 heteroatoms. The highest BCUT2D eigenvalue weighted by atomic mass is 127. The third-order valence-corrected chi connectivity index (χ3v) is 6.39. The fraction of sp³-hybridized carbons (Fsp3) is 0.273. The van der Waals surface area contributed by atoms with Crippen molar-refractivity contribution in [3.8, 4) is 11.1 Å². The number of carbonyl (C=O) groups excluding carboxylic acids is 1. The molecular weight excluding hydrogens is 498 g/mol. The molecule has 1 aliphatic carbocycles. The van der Waals surface area contributed by atoms with Gasteiger partial charge in [0.1, 0.15) is 5.82 Å². The molecule has 1 saturated carbocycles. The van der Waals surface area contributed by atoms with Gasteiger partial charge in [0.25, 0.3) is 0 Å². The summed E-state index contributed by atoms with van der Waals surface area (Å²) in [6.45, 7) is 0. The van der Waals surface area contributed by atoms with Gasteiger partial charge < -0.3 is 5.11 Å². The van der Waals surface area contributed by atoms with E-state index in [1.165, 1.54) is 18.5 Å². The van der Waals surface area contributed by atoms with Crippen molar-refractivity contribution in [3.63, 3.8) is 0 Å². The summed E-state index contributed by atoms with van der Waals surface area (Å²) in [6, 6.07) is 8.23. The van der Waals surface area contributed by atoms with Crippen LogP contribution in [0.2, 0.25) is 0 Å². The van der Waals surface area contributed by atoms with Crippen LogP contribution in [0.15, 0.2) is 55.1 Å². The first kappa shape index (κ1) is 20.8. The molecule has 1 aliphatic rings. The summed E-state index contributed by atoms with van der Waals surface area (Å²) < 4.78 is 14.8. The maximum atomic E-state index is 13.9. The number of benzene rings is 1. The average Bonchev–Trinajstić information content (AvgIpc) is 2.75. The molecule has 2 aromatic heterocycles. The maximum Gasteiger partial charge on any atom is 0.229 e. The van der Waals surface area contributed by atoms with Gasteiger partial charge in [-0.15, -0.1) is 0 Å². The number of nitrogens with one attached hydrogen (secondary N) is 1. The molecule has 3 aromatic rings. The van der Waals surface area contributed by atoms with Crippen molar-refractivity contribution in [1.29, 1.82) is 0 Å². The molecule has 0 spiro atoms. The monoisotopic (exact) mass is 518 g/mol. The van der Waals surface area contributed by atoms with E-state index < -0.39 is 5.60 Å². The standard InChI is InChI=1S/C22H20FIN4O2/c23-18-4-2-1-3-16(18)15-11-26-21(27-12-15)28-20(29)14-5-8-22(30,9-6-14)17-7-10-25-13-19(17)24/h1-4,7,10-14,30H,5-6,8-9H2,(H,26,27,28,29). The van der Waals surface area contributed by atoms with Crippen molar-refractivity contribution in [2.24, 2.45) is 5.92 Å². The molecule has 0 atom stereocenters.